The van der Waals surface area contributed by atoms with Crippen LogP contribution in [0.15, 0.2) is 109 Å². The highest BCUT2D eigenvalue weighted by Gasteiger charge is 2.38. The van der Waals surface area contributed by atoms with Gasteiger partial charge in [0.05, 0.1) is 77.6 Å². The number of nitrogens with two attached hydrogens (primary N) is 1. The number of rotatable bonds is 15. The fourth-order valence-electron chi connectivity index (χ4n) is 17.3. The summed E-state index contributed by atoms with van der Waals surface area (Å²) in [7, 11) is 4.27. The maximum Gasteiger partial charge on any atom is 0.414 e. The molecule has 1 saturated heterocycles. The SMILES string of the molecule is COC(=O)N1c2ccc3c(nc(CCc4ccccc4)n3C3CCC(C(N)=O)CC3)c2CC[C@@H]1C.COC(=O)N1c2ccc3c(nc(CCn4cccn4)n3CCN3CCC(C#N)CC3)c2CC[C@@H]1C.COC(=O)N1c2ccc3c(nc(Cc4cccc(F)c4)n3[C@@H]3CCC[C@@H](C(C)=O)C3)c2CC[C@@H]1C. The van der Waals surface area contributed by atoms with Gasteiger partial charge in [0.15, 0.2) is 0 Å². The van der Waals surface area contributed by atoms with Crippen LogP contribution in [-0.4, -0.2) is 132 Å². The summed E-state index contributed by atoms with van der Waals surface area (Å²) in [6.45, 7) is 12.3. The molecule has 105 heavy (non-hydrogen) atoms. The second kappa shape index (κ2) is 32.6. The maximum atomic E-state index is 14.0. The number of imidazole rings is 3. The highest BCUT2D eigenvalue weighted by atomic mass is 19.1. The zero-order valence-corrected chi connectivity index (χ0v) is 61.7. The van der Waals surface area contributed by atoms with Crippen molar-refractivity contribution in [1.29, 1.82) is 5.26 Å². The van der Waals surface area contributed by atoms with Gasteiger partial charge in [-0.2, -0.15) is 10.4 Å². The summed E-state index contributed by atoms with van der Waals surface area (Å²) in [5.74, 6) is 2.99. The smallest absolute Gasteiger partial charge is 0.414 e. The lowest BCUT2D eigenvalue weighted by molar-refractivity contribution is -0.123. The van der Waals surface area contributed by atoms with E-state index in [1.54, 1.807) is 40.0 Å². The van der Waals surface area contributed by atoms with Crippen LogP contribution in [0.2, 0.25) is 0 Å². The van der Waals surface area contributed by atoms with Gasteiger partial charge in [-0.05, 0) is 209 Å². The van der Waals surface area contributed by atoms with Crippen molar-refractivity contribution in [2.45, 2.75) is 199 Å². The van der Waals surface area contributed by atoms with Crippen LogP contribution in [-0.2, 0) is 81.8 Å². The van der Waals surface area contributed by atoms with E-state index in [4.69, 9.17) is 34.9 Å². The minimum atomic E-state index is -0.367. The van der Waals surface area contributed by atoms with Crippen LogP contribution in [0.1, 0.15) is 169 Å². The van der Waals surface area contributed by atoms with E-state index in [2.05, 4.69) is 92.1 Å². The van der Waals surface area contributed by atoms with Gasteiger partial charge >= 0.3 is 18.3 Å². The molecular weight excluding hydrogens is 1330 g/mol. The molecule has 5 aromatic carbocycles. The van der Waals surface area contributed by atoms with E-state index >= 15 is 0 Å². The third-order valence-corrected chi connectivity index (χ3v) is 23.1. The summed E-state index contributed by atoms with van der Waals surface area (Å²) in [4.78, 5) is 84.8. The van der Waals surface area contributed by atoms with Gasteiger partial charge < -0.3 is 38.5 Å². The van der Waals surface area contributed by atoms with Crippen molar-refractivity contribution >= 4 is 80.1 Å². The third-order valence-electron chi connectivity index (χ3n) is 23.1. The number of piperidine rings is 1. The Morgan fingerprint density at radius 1 is 0.552 bits per heavy atom. The predicted molar refractivity (Wildman–Crippen MR) is 403 cm³/mol. The van der Waals surface area contributed by atoms with Crippen molar-refractivity contribution in [3.63, 3.8) is 0 Å². The molecule has 2 saturated carbocycles. The Bertz CT molecular complexity index is 4660. The van der Waals surface area contributed by atoms with Gasteiger partial charge in [0.25, 0.3) is 0 Å². The zero-order valence-electron chi connectivity index (χ0n) is 61.7. The van der Waals surface area contributed by atoms with E-state index < -0.39 is 0 Å². The summed E-state index contributed by atoms with van der Waals surface area (Å²) in [5.41, 5.74) is 19.8. The first kappa shape index (κ1) is 73.4. The molecule has 3 fully saturated rings. The molecule has 5 atom stereocenters. The number of anilines is 3. The Morgan fingerprint density at radius 3 is 1.63 bits per heavy atom. The number of halogens is 1. The molecule has 0 bridgehead atoms. The van der Waals surface area contributed by atoms with Crippen molar-refractivity contribution < 1.29 is 42.6 Å². The number of nitriles is 1. The Kier molecular flexibility index (Phi) is 22.8. The largest absolute Gasteiger partial charge is 0.452 e. The standard InChI is InChI=1S/C28H32FN3O3.C28H34N4O3.C26H33N7O2/c1-17-10-11-23-24(31(17)28(34)35-3)12-13-25-27(23)30-26(15-19-6-4-8-21(29)14-19)32(25)22-9-5-7-20(16-22)18(2)33;1-18-8-14-22-23(31(18)28(34)35-2)15-16-24-26(22)30-25(17-9-19-6-4-3-5-7-19)32(24)21-12-10-20(11-13-21)27(29)33;1-19-4-5-21-22(33(19)26(34)35-2)6-7-23-25(21)29-24(10-15-31-12-3-11-28-31)32(23)17-16-30-13-8-20(18-27)9-14-30/h4,6,8,12-14,17,20,22H,5,7,9-11,15-16H2,1-3H3;3-7,15-16,18,20-21H,8-14,17H2,1-2H3,(H2,29,33);3,6-7,11-12,19-20H,4-5,8-10,13-17H2,1-2H3/t17-,20+,22+;18-,20?,21?;19-/m000/s1. The second-order valence-corrected chi connectivity index (χ2v) is 29.5. The number of likely N-dealkylation sites (tertiary alicyclic amines) is 1. The zero-order chi connectivity index (χ0) is 73.6. The van der Waals surface area contributed by atoms with Crippen molar-refractivity contribution in [3.05, 3.63) is 161 Å². The van der Waals surface area contributed by atoms with E-state index in [0.29, 0.717) is 12.5 Å². The summed E-state index contributed by atoms with van der Waals surface area (Å²) in [5, 5.41) is 13.6. The number of primary amides is 1. The van der Waals surface area contributed by atoms with Crippen molar-refractivity contribution in [3.8, 4) is 6.07 Å². The molecule has 23 heteroatoms. The number of nitrogens with zero attached hydrogens (tertiary/aromatic N) is 13. The number of carbonyl (C=O) groups excluding carboxylic acids is 5. The topological polar surface area (TPSA) is 247 Å². The monoisotopic (exact) mass is 1430 g/mol. The molecule has 9 aromatic rings. The van der Waals surface area contributed by atoms with Gasteiger partial charge in [0.1, 0.15) is 29.1 Å². The van der Waals surface area contributed by atoms with E-state index in [-0.39, 0.29) is 77.7 Å². The number of ether oxygens (including phenoxy) is 3. The Morgan fingerprint density at radius 2 is 1.10 bits per heavy atom. The lowest BCUT2D eigenvalue weighted by Gasteiger charge is -2.34. The van der Waals surface area contributed by atoms with Crippen LogP contribution in [0.25, 0.3) is 33.1 Å². The molecule has 0 unspecified atom stereocenters. The van der Waals surface area contributed by atoms with Gasteiger partial charge in [-0.3, -0.25) is 29.0 Å². The molecule has 0 spiro atoms. The quantitative estimate of drug-likeness (QED) is 0.0938. The second-order valence-electron chi connectivity index (χ2n) is 29.5. The number of fused-ring (bicyclic) bond motifs is 9. The van der Waals surface area contributed by atoms with Crippen LogP contribution in [0.4, 0.5) is 35.8 Å². The van der Waals surface area contributed by atoms with Gasteiger partial charge in [0, 0.05) is 116 Å². The van der Waals surface area contributed by atoms with Gasteiger partial charge in [0.2, 0.25) is 5.91 Å². The number of hydrogen-bond acceptors (Lipinski definition) is 14. The molecule has 552 valence electrons. The lowest BCUT2D eigenvalue weighted by Crippen LogP contribution is -2.42. The highest BCUT2D eigenvalue weighted by molar-refractivity contribution is 5.98. The highest BCUT2D eigenvalue weighted by Crippen LogP contribution is 2.44. The normalized spacial score (nSPS) is 21.1. The van der Waals surface area contributed by atoms with Crippen LogP contribution >= 0.6 is 0 Å². The number of carbonyl (C=O) groups is 5. The number of hydrogen-bond donors (Lipinski definition) is 1. The molecule has 15 rings (SSSR count). The molecule has 0 radical (unpaired) electrons. The van der Waals surface area contributed by atoms with Crippen molar-refractivity contribution in [2.75, 3.05) is 55.7 Å². The Labute approximate surface area is 613 Å². The minimum absolute atomic E-state index is 0.0309. The number of aromatic nitrogens is 8. The first-order valence-electron chi connectivity index (χ1n) is 37.8. The average molecular weight is 1430 g/mol. The molecule has 22 nitrogen and oxygen atoms in total. The number of Topliss-reactive ketones (excluding diaryl/α,β-unsaturated/α-hetero) is 1. The molecular formula is C82H99FN14O8. The van der Waals surface area contributed by atoms with E-state index in [1.165, 1.54) is 33.0 Å². The summed E-state index contributed by atoms with van der Waals surface area (Å²) in [6, 6.07) is 34.5. The third kappa shape index (κ3) is 15.6. The van der Waals surface area contributed by atoms with E-state index in [1.807, 2.05) is 48.1 Å². The lowest BCUT2D eigenvalue weighted by atomic mass is 9.83. The minimum Gasteiger partial charge on any atom is -0.452 e. The van der Waals surface area contributed by atoms with E-state index in [0.717, 1.165) is 245 Å². The fourth-order valence-corrected chi connectivity index (χ4v) is 17.3. The van der Waals surface area contributed by atoms with Gasteiger partial charge in [-0.15, -0.1) is 0 Å². The Balaban J connectivity index is 0.000000140. The number of amides is 4. The molecule has 8 heterocycles. The molecule has 4 amide bonds. The maximum absolute atomic E-state index is 14.0. The molecule has 2 aliphatic carbocycles. The molecule has 6 aliphatic rings. The average Bonchev–Trinajstić information content (AvgIpc) is 1.64. The molecule has 4 aliphatic heterocycles. The number of aryl methyl sites for hydroxylation is 7. The summed E-state index contributed by atoms with van der Waals surface area (Å²) < 4.78 is 38.2. The first-order chi connectivity index (χ1) is 50.9. The number of benzene rings is 5. The summed E-state index contributed by atoms with van der Waals surface area (Å²) >= 11 is 0. The van der Waals surface area contributed by atoms with E-state index in [9.17, 15) is 33.6 Å². The fraction of sp³-hybridized carbons (Fsp3) is 0.488. The van der Waals surface area contributed by atoms with Crippen molar-refractivity contribution in [2.24, 2.45) is 23.5 Å². The first-order valence-corrected chi connectivity index (χ1v) is 37.8. The van der Waals surface area contributed by atoms with Gasteiger partial charge in [-0.1, -0.05) is 48.9 Å². The molecule has 4 aromatic heterocycles. The van der Waals surface area contributed by atoms with Crippen LogP contribution in [0.3, 0.4) is 0 Å². The van der Waals surface area contributed by atoms with Crippen LogP contribution in [0, 0.1) is 34.9 Å². The van der Waals surface area contributed by atoms with Gasteiger partial charge in [-0.25, -0.2) is 33.7 Å². The predicted octanol–water partition coefficient (Wildman–Crippen LogP) is 14.6. The summed E-state index contributed by atoms with van der Waals surface area (Å²) in [6.07, 6.45) is 20.0. The molecule has 2 N–H and O–H groups in total. The number of ketones is 1. The van der Waals surface area contributed by atoms with Crippen molar-refractivity contribution in [1.82, 2.24) is 43.3 Å². The van der Waals surface area contributed by atoms with Crippen LogP contribution in [0.5, 0.6) is 0 Å². The Hall–Kier alpha value is -9.95. The van der Waals surface area contributed by atoms with Crippen LogP contribution < -0.4 is 20.4 Å². The number of methoxy groups -OCH3 is 3.